The third-order valence-electron chi connectivity index (χ3n) is 1.71. The Hall–Kier alpha value is -1.36. The molecule has 1 aromatic rings. The van der Waals surface area contributed by atoms with Crippen LogP contribution >= 0.6 is 0 Å². The highest BCUT2D eigenvalue weighted by Crippen LogP contribution is 2.00. The maximum atomic E-state index is 11.4. The molecule has 0 aliphatic heterocycles. The normalized spacial score (nSPS) is 11.3. The Morgan fingerprint density at radius 1 is 1.77 bits per heavy atom. The Morgan fingerprint density at radius 2 is 2.46 bits per heavy atom. The number of H-pyrrole nitrogens is 1. The molecule has 4 N–H and O–H groups in total. The molecule has 0 aromatic carbocycles. The third kappa shape index (κ3) is 2.55. The van der Waals surface area contributed by atoms with E-state index in [1.807, 2.05) is 13.8 Å². The first-order chi connectivity index (χ1) is 6.05. The molecule has 1 heterocycles. The van der Waals surface area contributed by atoms with Crippen LogP contribution in [0.5, 0.6) is 0 Å². The molecule has 1 amide bonds. The van der Waals surface area contributed by atoms with Crippen molar-refractivity contribution in [1.82, 2.24) is 15.3 Å². The van der Waals surface area contributed by atoms with Crippen LogP contribution in [-0.2, 0) is 0 Å². The van der Waals surface area contributed by atoms with E-state index in [1.165, 1.54) is 12.5 Å². The number of hydrogen-bond donors (Lipinski definition) is 3. The van der Waals surface area contributed by atoms with Gasteiger partial charge in [-0.3, -0.25) is 4.79 Å². The predicted octanol–water partition coefficient (Wildman–Crippen LogP) is -0.123. The van der Waals surface area contributed by atoms with E-state index in [-0.39, 0.29) is 11.4 Å². The largest absolute Gasteiger partial charge is 0.345 e. The molecule has 0 atom stereocenters. The van der Waals surface area contributed by atoms with Gasteiger partial charge in [0, 0.05) is 12.1 Å². The third-order valence-corrected chi connectivity index (χ3v) is 1.71. The van der Waals surface area contributed by atoms with Gasteiger partial charge >= 0.3 is 0 Å². The minimum atomic E-state index is -0.387. The topological polar surface area (TPSA) is 83.8 Å². The first kappa shape index (κ1) is 9.73. The van der Waals surface area contributed by atoms with E-state index in [0.717, 1.165) is 0 Å². The molecular formula is C8H14N4O. The minimum absolute atomic E-state index is 0.187. The molecule has 0 saturated carbocycles. The fourth-order valence-electron chi connectivity index (χ4n) is 0.806. The van der Waals surface area contributed by atoms with Crippen molar-refractivity contribution < 1.29 is 4.79 Å². The summed E-state index contributed by atoms with van der Waals surface area (Å²) in [5.74, 6) is -0.187. The fourth-order valence-corrected chi connectivity index (χ4v) is 0.806. The summed E-state index contributed by atoms with van der Waals surface area (Å²) >= 11 is 0. The summed E-state index contributed by atoms with van der Waals surface area (Å²) in [4.78, 5) is 17.9. The molecule has 1 rings (SSSR count). The molecule has 0 aliphatic rings. The maximum Gasteiger partial charge on any atom is 0.269 e. The molecule has 0 saturated heterocycles. The molecular weight excluding hydrogens is 168 g/mol. The van der Waals surface area contributed by atoms with E-state index in [0.29, 0.717) is 12.2 Å². The number of carbonyl (C=O) groups excluding carboxylic acids is 1. The zero-order valence-electron chi connectivity index (χ0n) is 7.79. The lowest BCUT2D eigenvalue weighted by atomic mass is 10.1. The molecule has 5 heteroatoms. The molecule has 0 radical (unpaired) electrons. The van der Waals surface area contributed by atoms with Gasteiger partial charge in [-0.25, -0.2) is 4.98 Å². The Kier molecular flexibility index (Phi) is 2.67. The zero-order valence-corrected chi connectivity index (χ0v) is 7.79. The van der Waals surface area contributed by atoms with E-state index in [4.69, 9.17) is 5.73 Å². The number of hydrogen-bond acceptors (Lipinski definition) is 3. The van der Waals surface area contributed by atoms with Crippen LogP contribution in [0.25, 0.3) is 0 Å². The van der Waals surface area contributed by atoms with Crippen molar-refractivity contribution in [2.45, 2.75) is 19.4 Å². The van der Waals surface area contributed by atoms with E-state index in [2.05, 4.69) is 15.3 Å². The molecule has 13 heavy (non-hydrogen) atoms. The summed E-state index contributed by atoms with van der Waals surface area (Å²) in [6.07, 6.45) is 2.94. The van der Waals surface area contributed by atoms with Crippen LogP contribution in [0.4, 0.5) is 0 Å². The molecule has 72 valence electrons. The number of carbonyl (C=O) groups is 1. The van der Waals surface area contributed by atoms with E-state index in [9.17, 15) is 4.79 Å². The van der Waals surface area contributed by atoms with E-state index < -0.39 is 0 Å². The molecule has 0 aliphatic carbocycles. The summed E-state index contributed by atoms with van der Waals surface area (Å²) in [6.45, 7) is 4.12. The van der Waals surface area contributed by atoms with Gasteiger partial charge in [-0.1, -0.05) is 0 Å². The Morgan fingerprint density at radius 3 is 2.92 bits per heavy atom. The summed E-state index contributed by atoms with van der Waals surface area (Å²) < 4.78 is 0. The van der Waals surface area contributed by atoms with Crippen molar-refractivity contribution in [2.75, 3.05) is 6.54 Å². The number of imidazole rings is 1. The van der Waals surface area contributed by atoms with Crippen LogP contribution in [0.3, 0.4) is 0 Å². The molecule has 1 aromatic heterocycles. The molecule has 0 spiro atoms. The van der Waals surface area contributed by atoms with Crippen LogP contribution in [0.1, 0.15) is 24.3 Å². The van der Waals surface area contributed by atoms with Crippen molar-refractivity contribution in [3.63, 3.8) is 0 Å². The highest BCUT2D eigenvalue weighted by Gasteiger charge is 2.19. The first-order valence-electron chi connectivity index (χ1n) is 4.06. The van der Waals surface area contributed by atoms with Crippen LogP contribution in [0.2, 0.25) is 0 Å². The molecule has 0 fully saturated rings. The first-order valence-corrected chi connectivity index (χ1v) is 4.06. The highest BCUT2D eigenvalue weighted by atomic mass is 16.2. The summed E-state index contributed by atoms with van der Waals surface area (Å²) in [5, 5.41) is 2.77. The number of aromatic amines is 1. The standard InChI is InChI=1S/C8H14N4O/c1-8(2,4-9)12-7(13)6-3-10-5-11-6/h3,5H,4,9H2,1-2H3,(H,10,11)(H,12,13). The van der Waals surface area contributed by atoms with Crippen LogP contribution < -0.4 is 11.1 Å². The average Bonchev–Trinajstić information content (AvgIpc) is 2.55. The number of aromatic nitrogens is 2. The minimum Gasteiger partial charge on any atom is -0.345 e. The maximum absolute atomic E-state index is 11.4. The van der Waals surface area contributed by atoms with Gasteiger partial charge in [-0.15, -0.1) is 0 Å². The molecule has 5 nitrogen and oxygen atoms in total. The van der Waals surface area contributed by atoms with Crippen LogP contribution in [0.15, 0.2) is 12.5 Å². The Labute approximate surface area is 76.7 Å². The lowest BCUT2D eigenvalue weighted by molar-refractivity contribution is 0.0911. The fraction of sp³-hybridized carbons (Fsp3) is 0.500. The summed E-state index contributed by atoms with van der Waals surface area (Å²) in [6, 6.07) is 0. The second-order valence-electron chi connectivity index (χ2n) is 3.51. The van der Waals surface area contributed by atoms with Gasteiger partial charge in [0.1, 0.15) is 5.69 Å². The molecule has 0 unspecified atom stereocenters. The van der Waals surface area contributed by atoms with Gasteiger partial charge in [-0.05, 0) is 13.8 Å². The van der Waals surface area contributed by atoms with E-state index in [1.54, 1.807) is 0 Å². The van der Waals surface area contributed by atoms with Crippen molar-refractivity contribution in [1.29, 1.82) is 0 Å². The lowest BCUT2D eigenvalue weighted by Gasteiger charge is -2.23. The van der Waals surface area contributed by atoms with Crippen molar-refractivity contribution in [3.05, 3.63) is 18.2 Å². The van der Waals surface area contributed by atoms with Crippen LogP contribution in [-0.4, -0.2) is 28.0 Å². The summed E-state index contributed by atoms with van der Waals surface area (Å²) in [5.41, 5.74) is 5.53. The smallest absolute Gasteiger partial charge is 0.269 e. The van der Waals surface area contributed by atoms with Gasteiger partial charge in [-0.2, -0.15) is 0 Å². The van der Waals surface area contributed by atoms with Crippen molar-refractivity contribution in [2.24, 2.45) is 5.73 Å². The predicted molar refractivity (Wildman–Crippen MR) is 49.2 cm³/mol. The highest BCUT2D eigenvalue weighted by molar-refractivity contribution is 5.92. The quantitative estimate of drug-likeness (QED) is 0.609. The van der Waals surface area contributed by atoms with Gasteiger partial charge in [0.05, 0.1) is 12.5 Å². The Bertz CT molecular complexity index is 278. The SMILES string of the molecule is CC(C)(CN)NC(=O)c1cnc[nH]1. The number of amides is 1. The van der Waals surface area contributed by atoms with Gasteiger partial charge in [0.15, 0.2) is 0 Å². The average molecular weight is 182 g/mol. The number of nitrogens with zero attached hydrogens (tertiary/aromatic N) is 1. The second kappa shape index (κ2) is 3.57. The molecule has 0 bridgehead atoms. The van der Waals surface area contributed by atoms with Gasteiger partial charge in [0.2, 0.25) is 0 Å². The van der Waals surface area contributed by atoms with Gasteiger partial charge < -0.3 is 16.0 Å². The van der Waals surface area contributed by atoms with Crippen molar-refractivity contribution >= 4 is 5.91 Å². The Balaban J connectivity index is 2.61. The number of rotatable bonds is 3. The number of nitrogens with one attached hydrogen (secondary N) is 2. The number of nitrogens with two attached hydrogens (primary N) is 1. The summed E-state index contributed by atoms with van der Waals surface area (Å²) in [7, 11) is 0. The van der Waals surface area contributed by atoms with Crippen LogP contribution in [0, 0.1) is 0 Å². The second-order valence-corrected chi connectivity index (χ2v) is 3.51. The van der Waals surface area contributed by atoms with Crippen molar-refractivity contribution in [3.8, 4) is 0 Å². The van der Waals surface area contributed by atoms with Gasteiger partial charge in [0.25, 0.3) is 5.91 Å². The van der Waals surface area contributed by atoms with E-state index >= 15 is 0 Å². The lowest BCUT2D eigenvalue weighted by Crippen LogP contribution is -2.48. The zero-order chi connectivity index (χ0) is 9.90. The monoisotopic (exact) mass is 182 g/mol.